The van der Waals surface area contributed by atoms with Crippen LogP contribution >= 0.6 is 0 Å². The van der Waals surface area contributed by atoms with Gasteiger partial charge in [-0.05, 0) is 55.0 Å². The highest BCUT2D eigenvalue weighted by atomic mass is 16.3. The monoisotopic (exact) mass is 916 g/mol. The molecular weight excluding hydrogens is 873 g/mol. The third-order valence-corrected chi connectivity index (χ3v) is 12.9. The van der Waals surface area contributed by atoms with Crippen molar-refractivity contribution in [2.75, 3.05) is 11.9 Å². The van der Waals surface area contributed by atoms with Crippen molar-refractivity contribution in [3.63, 3.8) is 0 Å². The molecule has 0 N–H and O–H groups in total. The number of anilines is 2. The maximum absolute atomic E-state index is 6.70. The Labute approximate surface area is 409 Å². The maximum Gasteiger partial charge on any atom is 0.238 e. The molecule has 0 radical (unpaired) electrons. The second-order valence-electron chi connectivity index (χ2n) is 17.2. The van der Waals surface area contributed by atoms with Gasteiger partial charge in [0.05, 0.1) is 16.4 Å². The molecule has 0 aliphatic heterocycles. The summed E-state index contributed by atoms with van der Waals surface area (Å²) in [5, 5.41) is 4.98. The number of furan rings is 1. The molecule has 4 aromatic heterocycles. The summed E-state index contributed by atoms with van der Waals surface area (Å²) in [4.78, 5) is 32.5. The van der Waals surface area contributed by atoms with Crippen molar-refractivity contribution >= 4 is 61.9 Å². The zero-order valence-electron chi connectivity index (χ0n) is 39.0. The Morgan fingerprint density at radius 2 is 1.01 bits per heavy atom. The molecule has 0 unspecified atom stereocenters. The molecule has 9 heteroatoms. The Balaban J connectivity index is 0.957. The molecule has 71 heavy (non-hydrogen) atoms. The van der Waals surface area contributed by atoms with Crippen molar-refractivity contribution in [3.05, 3.63) is 229 Å². The minimum Gasteiger partial charge on any atom is -0.455 e. The molecule has 0 amide bonds. The van der Waals surface area contributed by atoms with Crippen molar-refractivity contribution in [2.45, 2.75) is 6.92 Å². The largest absolute Gasteiger partial charge is 0.455 e. The fraction of sp³-hybridized carbons (Fsp3) is 0.0323. The van der Waals surface area contributed by atoms with Crippen molar-refractivity contribution in [1.82, 2.24) is 34.5 Å². The molecule has 338 valence electrons. The first kappa shape index (κ1) is 42.7. The SMILES string of the molecule is C=C(/C=c1\c(=C/C)c2ccccc2n1-c1nc(-c2ccccc2)nc(-c2ccccc2)n1)c1ccccc1N(C)c1ccc2oc3c(-c4nc(-c5ccccc5)nc(-c5ccccc5)n4)cccc3c2c1. The minimum absolute atomic E-state index is 0.513. The molecule has 0 atom stereocenters. The number of benzene rings is 8. The first-order valence-corrected chi connectivity index (χ1v) is 23.5. The van der Waals surface area contributed by atoms with E-state index in [1.165, 1.54) is 0 Å². The topological polar surface area (TPSA) is 98.7 Å². The number of rotatable bonds is 10. The van der Waals surface area contributed by atoms with Gasteiger partial charge in [-0.3, -0.25) is 4.57 Å². The normalized spacial score (nSPS) is 12.0. The third kappa shape index (κ3) is 7.91. The summed E-state index contributed by atoms with van der Waals surface area (Å²) in [5.74, 6) is 3.41. The van der Waals surface area contributed by atoms with Gasteiger partial charge in [0.1, 0.15) is 11.2 Å². The lowest BCUT2D eigenvalue weighted by Gasteiger charge is -2.23. The second-order valence-corrected chi connectivity index (χ2v) is 17.2. The van der Waals surface area contributed by atoms with E-state index in [1.54, 1.807) is 0 Å². The van der Waals surface area contributed by atoms with E-state index in [4.69, 9.17) is 40.9 Å². The van der Waals surface area contributed by atoms with Crippen LogP contribution in [0, 0.1) is 0 Å². The van der Waals surface area contributed by atoms with Gasteiger partial charge in [0.15, 0.2) is 29.1 Å². The lowest BCUT2D eigenvalue weighted by atomic mass is 10.0. The molecule has 0 aliphatic rings. The molecule has 0 aliphatic carbocycles. The van der Waals surface area contributed by atoms with Gasteiger partial charge >= 0.3 is 0 Å². The van der Waals surface area contributed by atoms with Crippen LogP contribution in [-0.4, -0.2) is 41.5 Å². The minimum atomic E-state index is 0.513. The number of para-hydroxylation sites is 3. The predicted molar refractivity (Wildman–Crippen MR) is 288 cm³/mol. The summed E-state index contributed by atoms with van der Waals surface area (Å²) in [6.07, 6.45) is 4.30. The molecule has 9 nitrogen and oxygen atoms in total. The molecule has 12 aromatic rings. The molecule has 0 fully saturated rings. The fourth-order valence-electron chi connectivity index (χ4n) is 9.36. The first-order valence-electron chi connectivity index (χ1n) is 23.5. The molecule has 0 bridgehead atoms. The summed E-state index contributed by atoms with van der Waals surface area (Å²) in [7, 11) is 2.09. The molecule has 12 rings (SSSR count). The number of aromatic nitrogens is 7. The van der Waals surface area contributed by atoms with E-state index in [9.17, 15) is 0 Å². The van der Waals surface area contributed by atoms with E-state index in [0.717, 1.165) is 88.2 Å². The molecule has 0 saturated carbocycles. The number of hydrogen-bond acceptors (Lipinski definition) is 8. The zero-order chi connectivity index (χ0) is 47.8. The van der Waals surface area contributed by atoms with Gasteiger partial charge in [-0.2, -0.15) is 9.97 Å². The van der Waals surface area contributed by atoms with Crippen LogP contribution in [0.2, 0.25) is 0 Å². The second kappa shape index (κ2) is 18.1. The average molecular weight is 917 g/mol. The van der Waals surface area contributed by atoms with E-state index < -0.39 is 0 Å². The molecular formula is C62H44N8O. The highest BCUT2D eigenvalue weighted by molar-refractivity contribution is 6.10. The van der Waals surface area contributed by atoms with Gasteiger partial charge in [-0.25, -0.2) is 19.9 Å². The zero-order valence-corrected chi connectivity index (χ0v) is 39.0. The maximum atomic E-state index is 6.70. The highest BCUT2D eigenvalue weighted by Crippen LogP contribution is 2.39. The van der Waals surface area contributed by atoms with Gasteiger partial charge in [0, 0.05) is 67.6 Å². The van der Waals surface area contributed by atoms with E-state index in [2.05, 4.69) is 102 Å². The quantitative estimate of drug-likeness (QED) is 0.134. The lowest BCUT2D eigenvalue weighted by molar-refractivity contribution is 0.669. The Hall–Kier alpha value is -9.60. The highest BCUT2D eigenvalue weighted by Gasteiger charge is 2.21. The van der Waals surface area contributed by atoms with Crippen LogP contribution < -0.4 is 15.5 Å². The molecule has 0 spiro atoms. The average Bonchev–Trinajstić information content (AvgIpc) is 3.98. The summed E-state index contributed by atoms with van der Waals surface area (Å²) < 4.78 is 8.84. The Bertz CT molecular complexity index is 3980. The summed E-state index contributed by atoms with van der Waals surface area (Å²) in [6, 6.07) is 69.3. The summed E-state index contributed by atoms with van der Waals surface area (Å²) >= 11 is 0. The first-order chi connectivity index (χ1) is 35.0. The number of nitrogens with zero attached hydrogens (tertiary/aromatic N) is 8. The van der Waals surface area contributed by atoms with Crippen LogP contribution in [0.25, 0.3) is 113 Å². The van der Waals surface area contributed by atoms with Crippen molar-refractivity contribution < 1.29 is 4.42 Å². The van der Waals surface area contributed by atoms with E-state index >= 15 is 0 Å². The van der Waals surface area contributed by atoms with Crippen LogP contribution in [0.5, 0.6) is 0 Å². The molecule has 0 saturated heterocycles. The van der Waals surface area contributed by atoms with E-state index in [1.807, 2.05) is 140 Å². The Morgan fingerprint density at radius 1 is 0.507 bits per heavy atom. The van der Waals surface area contributed by atoms with Gasteiger partial charge in [-0.1, -0.05) is 183 Å². The van der Waals surface area contributed by atoms with Gasteiger partial charge < -0.3 is 9.32 Å². The van der Waals surface area contributed by atoms with Gasteiger partial charge in [0.2, 0.25) is 5.95 Å². The number of fused-ring (bicyclic) bond motifs is 4. The van der Waals surface area contributed by atoms with Gasteiger partial charge in [-0.15, -0.1) is 0 Å². The molecule has 4 heterocycles. The Kier molecular flexibility index (Phi) is 10.9. The Morgan fingerprint density at radius 3 is 1.61 bits per heavy atom. The van der Waals surface area contributed by atoms with E-state index in [0.29, 0.717) is 40.7 Å². The van der Waals surface area contributed by atoms with Crippen LogP contribution in [-0.2, 0) is 0 Å². The summed E-state index contributed by atoms with van der Waals surface area (Å²) in [6.45, 7) is 6.81. The molecule has 8 aromatic carbocycles. The lowest BCUT2D eigenvalue weighted by Crippen LogP contribution is -2.29. The van der Waals surface area contributed by atoms with Crippen LogP contribution in [0.4, 0.5) is 11.4 Å². The van der Waals surface area contributed by atoms with Crippen molar-refractivity contribution in [3.8, 4) is 62.9 Å². The van der Waals surface area contributed by atoms with Crippen molar-refractivity contribution in [1.29, 1.82) is 0 Å². The number of allylic oxidation sites excluding steroid dienone is 1. The third-order valence-electron chi connectivity index (χ3n) is 12.9. The van der Waals surface area contributed by atoms with Crippen LogP contribution in [0.3, 0.4) is 0 Å². The van der Waals surface area contributed by atoms with E-state index in [-0.39, 0.29) is 0 Å². The van der Waals surface area contributed by atoms with Gasteiger partial charge in [0.25, 0.3) is 0 Å². The fourth-order valence-corrected chi connectivity index (χ4v) is 9.36. The van der Waals surface area contributed by atoms with Crippen LogP contribution in [0.15, 0.2) is 217 Å². The standard InChI is InChI=1S/C62H44N8O/c1-4-46-48-31-18-20-35-53(48)70(62-67-59(43-26-13-7-14-27-43)64-60(68-62)44-28-15-8-16-29-44)54(46)38-40(2)47-30-17-19-34-52(47)69(3)45-36-37-55-51(39-45)49-32-21-33-50(56(49)71-55)61-65-57(41-22-9-5-10-23-41)63-58(66-61)42-24-11-6-12-25-42/h4-39H,2H2,1,3H3/b46-4-,54-38+. The predicted octanol–water partition coefficient (Wildman–Crippen LogP) is 13.3. The van der Waals surface area contributed by atoms with Crippen molar-refractivity contribution in [2.24, 2.45) is 0 Å². The number of hydrogen-bond donors (Lipinski definition) is 0. The van der Waals surface area contributed by atoms with Crippen LogP contribution in [0.1, 0.15) is 12.5 Å². The summed E-state index contributed by atoms with van der Waals surface area (Å²) in [5.41, 5.74) is 10.6. The smallest absolute Gasteiger partial charge is 0.238 e.